The summed E-state index contributed by atoms with van der Waals surface area (Å²) in [6.07, 6.45) is 0. The van der Waals surface area contributed by atoms with Crippen molar-refractivity contribution in [1.29, 1.82) is 0 Å². The van der Waals surface area contributed by atoms with Gasteiger partial charge in [-0.1, -0.05) is 36.0 Å². The molecule has 1 amide bonds. The fraction of sp³-hybridized carbons (Fsp3) is 0.300. The number of amidine groups is 1. The smallest absolute Gasteiger partial charge is 0.244 e. The molecule has 0 saturated carbocycles. The molecule has 0 bridgehead atoms. The quantitative estimate of drug-likeness (QED) is 0.802. The Balaban J connectivity index is 1.54. The number of rotatable bonds is 4. The topological polar surface area (TPSA) is 78.8 Å². The Bertz CT molecular complexity index is 1070. The van der Waals surface area contributed by atoms with E-state index in [-0.39, 0.29) is 41.1 Å². The molecule has 2 aliphatic heterocycles. The molecule has 0 aliphatic carbocycles. The second-order valence-electron chi connectivity index (χ2n) is 7.15. The van der Waals surface area contributed by atoms with Crippen LogP contribution in [-0.4, -0.2) is 48.8 Å². The van der Waals surface area contributed by atoms with Crippen molar-refractivity contribution < 1.29 is 17.6 Å². The first-order valence-electron chi connectivity index (χ1n) is 9.14. The summed E-state index contributed by atoms with van der Waals surface area (Å²) in [7, 11) is -3.05. The molecule has 4 rings (SSSR count). The van der Waals surface area contributed by atoms with Gasteiger partial charge in [0.2, 0.25) is 5.91 Å². The minimum Gasteiger partial charge on any atom is -0.324 e. The molecular formula is C20H20FN3O3S2. The largest absolute Gasteiger partial charge is 0.324 e. The van der Waals surface area contributed by atoms with Gasteiger partial charge in [-0.05, 0) is 36.8 Å². The number of para-hydroxylation sites is 1. The summed E-state index contributed by atoms with van der Waals surface area (Å²) in [6, 6.07) is 13.6. The van der Waals surface area contributed by atoms with Crippen molar-refractivity contribution in [2.75, 3.05) is 28.3 Å². The van der Waals surface area contributed by atoms with Gasteiger partial charge in [-0.25, -0.2) is 12.8 Å². The lowest BCUT2D eigenvalue weighted by Crippen LogP contribution is -2.36. The summed E-state index contributed by atoms with van der Waals surface area (Å²) in [6.45, 7) is 1.64. The van der Waals surface area contributed by atoms with Crippen LogP contribution >= 0.6 is 11.8 Å². The second-order valence-corrected chi connectivity index (χ2v) is 10.5. The van der Waals surface area contributed by atoms with Gasteiger partial charge in [0.25, 0.3) is 0 Å². The van der Waals surface area contributed by atoms with Gasteiger partial charge in [-0.2, -0.15) is 0 Å². The van der Waals surface area contributed by atoms with Crippen molar-refractivity contribution in [1.82, 2.24) is 0 Å². The van der Waals surface area contributed by atoms with Gasteiger partial charge in [0.15, 0.2) is 15.0 Å². The first-order chi connectivity index (χ1) is 13.8. The minimum absolute atomic E-state index is 0.0163. The number of carbonyl (C=O) groups is 1. The van der Waals surface area contributed by atoms with E-state index in [1.165, 1.54) is 17.8 Å². The molecule has 0 unspecified atom stereocenters. The molecule has 0 aromatic heterocycles. The van der Waals surface area contributed by atoms with E-state index < -0.39 is 9.84 Å². The second kappa shape index (κ2) is 7.79. The van der Waals surface area contributed by atoms with Gasteiger partial charge in [-0.3, -0.25) is 9.79 Å². The summed E-state index contributed by atoms with van der Waals surface area (Å²) in [5, 5.41) is 3.23. The van der Waals surface area contributed by atoms with Gasteiger partial charge in [-0.15, -0.1) is 0 Å². The maximum atomic E-state index is 13.8. The monoisotopic (exact) mass is 433 g/mol. The summed E-state index contributed by atoms with van der Waals surface area (Å²) in [5.41, 5.74) is 1.68. The van der Waals surface area contributed by atoms with E-state index >= 15 is 0 Å². The van der Waals surface area contributed by atoms with E-state index in [0.717, 1.165) is 5.69 Å². The molecule has 1 saturated heterocycles. The number of carbonyl (C=O) groups excluding carboxylic acids is 1. The van der Waals surface area contributed by atoms with Crippen molar-refractivity contribution in [2.45, 2.75) is 18.2 Å². The highest BCUT2D eigenvalue weighted by molar-refractivity contribution is 8.15. The van der Waals surface area contributed by atoms with E-state index in [9.17, 15) is 17.6 Å². The molecule has 29 heavy (non-hydrogen) atoms. The Hall–Kier alpha value is -2.39. The van der Waals surface area contributed by atoms with Crippen LogP contribution in [0, 0.1) is 12.7 Å². The van der Waals surface area contributed by atoms with Crippen LogP contribution in [0.3, 0.4) is 0 Å². The maximum absolute atomic E-state index is 13.8. The third kappa shape index (κ3) is 4.45. The highest BCUT2D eigenvalue weighted by Gasteiger charge is 2.44. The number of nitrogens with zero attached hydrogens (tertiary/aromatic N) is 2. The van der Waals surface area contributed by atoms with E-state index in [0.29, 0.717) is 16.4 Å². The van der Waals surface area contributed by atoms with Crippen LogP contribution in [0.2, 0.25) is 0 Å². The van der Waals surface area contributed by atoms with Crippen molar-refractivity contribution in [3.63, 3.8) is 0 Å². The van der Waals surface area contributed by atoms with Gasteiger partial charge in [0.1, 0.15) is 12.4 Å². The lowest BCUT2D eigenvalue weighted by Gasteiger charge is -2.24. The SMILES string of the molecule is Cc1ccc(NC(=O)CN(C2=N[C@@H]3CS(=O)(=O)C[C@@H]3S2)c2ccccc2)cc1F. The van der Waals surface area contributed by atoms with Crippen LogP contribution in [0.1, 0.15) is 5.56 Å². The van der Waals surface area contributed by atoms with Crippen LogP contribution in [-0.2, 0) is 14.6 Å². The molecule has 0 spiro atoms. The van der Waals surface area contributed by atoms with E-state index in [2.05, 4.69) is 10.3 Å². The van der Waals surface area contributed by atoms with Crippen molar-refractivity contribution in [3.8, 4) is 0 Å². The first kappa shape index (κ1) is 19.9. The highest BCUT2D eigenvalue weighted by atomic mass is 32.2. The van der Waals surface area contributed by atoms with Crippen LogP contribution in [0.15, 0.2) is 53.5 Å². The fourth-order valence-electron chi connectivity index (χ4n) is 3.36. The zero-order valence-electron chi connectivity index (χ0n) is 15.7. The van der Waals surface area contributed by atoms with Crippen molar-refractivity contribution >= 4 is 44.0 Å². The number of aliphatic imine (C=N–C) groups is 1. The van der Waals surface area contributed by atoms with Gasteiger partial charge >= 0.3 is 0 Å². The first-order valence-corrected chi connectivity index (χ1v) is 11.8. The number of fused-ring (bicyclic) bond motifs is 1. The Morgan fingerprint density at radius 2 is 2.00 bits per heavy atom. The number of nitrogens with one attached hydrogen (secondary N) is 1. The molecule has 2 aliphatic rings. The molecule has 2 aromatic carbocycles. The van der Waals surface area contributed by atoms with Crippen LogP contribution in [0.25, 0.3) is 0 Å². The number of benzene rings is 2. The van der Waals surface area contributed by atoms with Gasteiger partial charge < -0.3 is 10.2 Å². The average Bonchev–Trinajstić information content (AvgIpc) is 3.17. The minimum atomic E-state index is -3.05. The van der Waals surface area contributed by atoms with Crippen LogP contribution in [0.5, 0.6) is 0 Å². The Kier molecular flexibility index (Phi) is 5.35. The Morgan fingerprint density at radius 1 is 1.24 bits per heavy atom. The lowest BCUT2D eigenvalue weighted by atomic mass is 10.2. The van der Waals surface area contributed by atoms with Crippen molar-refractivity contribution in [3.05, 3.63) is 59.9 Å². The van der Waals surface area contributed by atoms with Gasteiger partial charge in [0.05, 0.1) is 17.5 Å². The van der Waals surface area contributed by atoms with Crippen LogP contribution < -0.4 is 10.2 Å². The summed E-state index contributed by atoms with van der Waals surface area (Å²) in [5.74, 6) is -0.545. The molecule has 2 heterocycles. The number of amides is 1. The Labute approximate surface area is 173 Å². The lowest BCUT2D eigenvalue weighted by molar-refractivity contribution is -0.114. The van der Waals surface area contributed by atoms with E-state index in [1.54, 1.807) is 24.0 Å². The molecule has 9 heteroatoms. The fourth-order valence-corrected chi connectivity index (χ4v) is 7.14. The molecule has 2 atom stereocenters. The summed E-state index contributed by atoms with van der Waals surface area (Å²) >= 11 is 1.40. The number of halogens is 1. The molecule has 2 aromatic rings. The molecule has 152 valence electrons. The third-order valence-corrected chi connectivity index (χ3v) is 8.11. The number of anilines is 2. The molecule has 0 radical (unpaired) electrons. The number of hydrogen-bond acceptors (Lipinski definition) is 6. The normalized spacial score (nSPS) is 22.1. The molecule has 1 N–H and O–H groups in total. The predicted octanol–water partition coefficient (Wildman–Crippen LogP) is 2.85. The summed E-state index contributed by atoms with van der Waals surface area (Å²) < 4.78 is 37.4. The average molecular weight is 434 g/mol. The molecule has 1 fully saturated rings. The van der Waals surface area contributed by atoms with E-state index in [4.69, 9.17) is 0 Å². The maximum Gasteiger partial charge on any atom is 0.244 e. The number of aryl methyl sites for hydroxylation is 1. The standard InChI is InChI=1S/C20H20FN3O3S2/c1-13-7-8-14(9-16(13)21)22-19(25)10-24(15-5-3-2-4-6-15)20-23-17-11-29(26,27)12-18(17)28-20/h2-9,17-18H,10-12H2,1H3,(H,22,25)/t17-,18+/m1/s1. The van der Waals surface area contributed by atoms with Gasteiger partial charge in [0, 0.05) is 16.6 Å². The third-order valence-electron chi connectivity index (χ3n) is 4.86. The predicted molar refractivity (Wildman–Crippen MR) is 115 cm³/mol. The Morgan fingerprint density at radius 3 is 2.69 bits per heavy atom. The zero-order chi connectivity index (χ0) is 20.6. The van der Waals surface area contributed by atoms with Crippen LogP contribution in [0.4, 0.5) is 15.8 Å². The van der Waals surface area contributed by atoms with E-state index in [1.807, 2.05) is 30.3 Å². The van der Waals surface area contributed by atoms with Crippen molar-refractivity contribution in [2.24, 2.45) is 4.99 Å². The number of thioether (sulfide) groups is 1. The zero-order valence-corrected chi connectivity index (χ0v) is 17.3. The number of hydrogen-bond donors (Lipinski definition) is 1. The highest BCUT2D eigenvalue weighted by Crippen LogP contribution is 2.36. The summed E-state index contributed by atoms with van der Waals surface area (Å²) in [4.78, 5) is 19.0. The molecular weight excluding hydrogens is 413 g/mol. The number of sulfone groups is 1. The molecule has 6 nitrogen and oxygen atoms in total.